The van der Waals surface area contributed by atoms with Gasteiger partial charge in [0.05, 0.1) is 11.9 Å². The van der Waals surface area contributed by atoms with E-state index in [1.165, 1.54) is 0 Å². The molecule has 3 rings (SSSR count). The first kappa shape index (κ1) is 15.4. The van der Waals surface area contributed by atoms with E-state index in [1.807, 2.05) is 19.1 Å². The molecule has 1 aliphatic heterocycles. The van der Waals surface area contributed by atoms with Gasteiger partial charge in [0, 0.05) is 44.1 Å². The third kappa shape index (κ3) is 4.03. The highest BCUT2D eigenvalue weighted by atomic mass is 16.1. The molecular formula is C17H21N5O. The van der Waals surface area contributed by atoms with Crippen molar-refractivity contribution in [3.63, 3.8) is 0 Å². The molecule has 1 saturated heterocycles. The second-order valence-corrected chi connectivity index (χ2v) is 5.86. The summed E-state index contributed by atoms with van der Waals surface area (Å²) in [6.07, 6.45) is 8.73. The summed E-state index contributed by atoms with van der Waals surface area (Å²) in [6, 6.07) is 3.84. The van der Waals surface area contributed by atoms with Crippen LogP contribution >= 0.6 is 0 Å². The summed E-state index contributed by atoms with van der Waals surface area (Å²) in [6.45, 7) is 4.15. The van der Waals surface area contributed by atoms with Crippen molar-refractivity contribution in [1.82, 2.24) is 20.3 Å². The molecule has 0 saturated carbocycles. The number of nitrogens with zero attached hydrogens (tertiary/aromatic N) is 4. The third-order valence-corrected chi connectivity index (χ3v) is 4.12. The quantitative estimate of drug-likeness (QED) is 0.931. The summed E-state index contributed by atoms with van der Waals surface area (Å²) in [5, 5.41) is 3.01. The Balaban J connectivity index is 1.49. The fourth-order valence-electron chi connectivity index (χ4n) is 2.81. The van der Waals surface area contributed by atoms with Gasteiger partial charge in [0.15, 0.2) is 0 Å². The minimum Gasteiger partial charge on any atom is -0.355 e. The summed E-state index contributed by atoms with van der Waals surface area (Å²) >= 11 is 0. The molecule has 1 amide bonds. The molecule has 6 nitrogen and oxygen atoms in total. The normalized spacial score (nSPS) is 15.4. The number of hydrogen-bond donors (Lipinski definition) is 1. The van der Waals surface area contributed by atoms with Crippen LogP contribution < -0.4 is 10.2 Å². The van der Waals surface area contributed by atoms with Crippen molar-refractivity contribution in [2.75, 3.05) is 18.0 Å². The van der Waals surface area contributed by atoms with Gasteiger partial charge in [0.1, 0.15) is 5.82 Å². The third-order valence-electron chi connectivity index (χ3n) is 4.12. The predicted octanol–water partition coefficient (Wildman–Crippen LogP) is 1.71. The zero-order valence-corrected chi connectivity index (χ0v) is 13.3. The minimum absolute atomic E-state index is 0.0701. The van der Waals surface area contributed by atoms with Gasteiger partial charge in [-0.3, -0.25) is 14.8 Å². The van der Waals surface area contributed by atoms with Crippen LogP contribution in [0.3, 0.4) is 0 Å². The number of piperidine rings is 1. The molecule has 0 spiro atoms. The van der Waals surface area contributed by atoms with E-state index in [0.717, 1.165) is 43.0 Å². The number of pyridine rings is 1. The number of aromatic nitrogens is 3. The maximum absolute atomic E-state index is 12.3. The van der Waals surface area contributed by atoms with Crippen LogP contribution in [0.1, 0.15) is 24.1 Å². The Morgan fingerprint density at radius 2 is 2.09 bits per heavy atom. The molecule has 1 fully saturated rings. The number of carbonyl (C=O) groups is 1. The van der Waals surface area contributed by atoms with E-state index in [4.69, 9.17) is 0 Å². The van der Waals surface area contributed by atoms with E-state index in [2.05, 4.69) is 25.2 Å². The molecule has 0 aliphatic carbocycles. The summed E-state index contributed by atoms with van der Waals surface area (Å²) in [5.74, 6) is 1.10. The molecule has 0 radical (unpaired) electrons. The van der Waals surface area contributed by atoms with E-state index in [9.17, 15) is 4.79 Å². The van der Waals surface area contributed by atoms with Crippen molar-refractivity contribution < 1.29 is 4.79 Å². The van der Waals surface area contributed by atoms with Gasteiger partial charge in [0.25, 0.3) is 0 Å². The van der Waals surface area contributed by atoms with Gasteiger partial charge in [-0.25, -0.2) is 4.98 Å². The zero-order chi connectivity index (χ0) is 16.1. The lowest BCUT2D eigenvalue weighted by Gasteiger charge is -2.32. The van der Waals surface area contributed by atoms with E-state index in [1.54, 1.807) is 24.8 Å². The van der Waals surface area contributed by atoms with Crippen molar-refractivity contribution in [1.29, 1.82) is 0 Å². The average Bonchev–Trinajstić information content (AvgIpc) is 2.61. The van der Waals surface area contributed by atoms with Crippen molar-refractivity contribution in [2.45, 2.75) is 26.3 Å². The Bertz CT molecular complexity index is 653. The SMILES string of the molecule is Cc1cncc(N2CCC(C(=O)NCc3cccnc3)CC2)n1. The second-order valence-electron chi connectivity index (χ2n) is 5.86. The van der Waals surface area contributed by atoms with Crippen molar-refractivity contribution in [2.24, 2.45) is 5.92 Å². The van der Waals surface area contributed by atoms with Crippen molar-refractivity contribution in [3.05, 3.63) is 48.2 Å². The maximum atomic E-state index is 12.3. The molecule has 0 atom stereocenters. The van der Waals surface area contributed by atoms with Gasteiger partial charge < -0.3 is 10.2 Å². The van der Waals surface area contributed by atoms with Gasteiger partial charge in [-0.15, -0.1) is 0 Å². The summed E-state index contributed by atoms with van der Waals surface area (Å²) in [7, 11) is 0. The molecule has 23 heavy (non-hydrogen) atoms. The van der Waals surface area contributed by atoms with Crippen molar-refractivity contribution >= 4 is 11.7 Å². The van der Waals surface area contributed by atoms with E-state index in [-0.39, 0.29) is 11.8 Å². The van der Waals surface area contributed by atoms with Crippen LogP contribution in [-0.2, 0) is 11.3 Å². The summed E-state index contributed by atoms with van der Waals surface area (Å²) in [4.78, 5) is 27.2. The first-order valence-corrected chi connectivity index (χ1v) is 7.92. The lowest BCUT2D eigenvalue weighted by atomic mass is 9.96. The fourth-order valence-corrected chi connectivity index (χ4v) is 2.81. The molecule has 2 aromatic rings. The Labute approximate surface area is 136 Å². The molecule has 0 unspecified atom stereocenters. The van der Waals surface area contributed by atoms with Gasteiger partial charge in [0.2, 0.25) is 5.91 Å². The topological polar surface area (TPSA) is 71.0 Å². The molecule has 120 valence electrons. The smallest absolute Gasteiger partial charge is 0.223 e. The van der Waals surface area contributed by atoms with Gasteiger partial charge >= 0.3 is 0 Å². The second kappa shape index (κ2) is 7.17. The van der Waals surface area contributed by atoms with E-state index in [0.29, 0.717) is 6.54 Å². The summed E-state index contributed by atoms with van der Waals surface area (Å²) in [5.41, 5.74) is 1.94. The average molecular weight is 311 g/mol. The highest BCUT2D eigenvalue weighted by molar-refractivity contribution is 5.78. The Hall–Kier alpha value is -2.50. The van der Waals surface area contributed by atoms with Crippen LogP contribution in [-0.4, -0.2) is 33.9 Å². The molecule has 1 aliphatic rings. The highest BCUT2D eigenvalue weighted by Gasteiger charge is 2.25. The number of aryl methyl sites for hydroxylation is 1. The predicted molar refractivity (Wildman–Crippen MR) is 87.8 cm³/mol. The van der Waals surface area contributed by atoms with Gasteiger partial charge in [-0.1, -0.05) is 6.07 Å². The van der Waals surface area contributed by atoms with E-state index >= 15 is 0 Å². The Kier molecular flexibility index (Phi) is 4.80. The van der Waals surface area contributed by atoms with Gasteiger partial charge in [-0.05, 0) is 31.4 Å². The maximum Gasteiger partial charge on any atom is 0.223 e. The van der Waals surface area contributed by atoms with Crippen LogP contribution in [0.4, 0.5) is 5.82 Å². The lowest BCUT2D eigenvalue weighted by molar-refractivity contribution is -0.125. The van der Waals surface area contributed by atoms with Gasteiger partial charge in [-0.2, -0.15) is 0 Å². The number of nitrogens with one attached hydrogen (secondary N) is 1. The molecule has 0 bridgehead atoms. The molecule has 0 aromatic carbocycles. The first-order chi connectivity index (χ1) is 11.2. The molecule has 6 heteroatoms. The monoisotopic (exact) mass is 311 g/mol. The Morgan fingerprint density at radius 1 is 1.26 bits per heavy atom. The number of amides is 1. The molecule has 3 heterocycles. The summed E-state index contributed by atoms with van der Waals surface area (Å²) < 4.78 is 0. The standard InChI is InChI=1S/C17H21N5O/c1-13-9-19-12-16(21-13)22-7-4-15(5-8-22)17(23)20-11-14-3-2-6-18-10-14/h2-3,6,9-10,12,15H,4-5,7-8,11H2,1H3,(H,20,23). The molecular weight excluding hydrogens is 290 g/mol. The first-order valence-electron chi connectivity index (χ1n) is 7.92. The number of anilines is 1. The minimum atomic E-state index is 0.0701. The zero-order valence-electron chi connectivity index (χ0n) is 13.3. The van der Waals surface area contributed by atoms with Crippen LogP contribution in [0.25, 0.3) is 0 Å². The number of hydrogen-bond acceptors (Lipinski definition) is 5. The lowest BCUT2D eigenvalue weighted by Crippen LogP contribution is -2.40. The number of carbonyl (C=O) groups excluding carboxylic acids is 1. The van der Waals surface area contributed by atoms with E-state index < -0.39 is 0 Å². The van der Waals surface area contributed by atoms with Crippen LogP contribution in [0.5, 0.6) is 0 Å². The Morgan fingerprint density at radius 3 is 2.78 bits per heavy atom. The van der Waals surface area contributed by atoms with Crippen molar-refractivity contribution in [3.8, 4) is 0 Å². The van der Waals surface area contributed by atoms with Crippen LogP contribution in [0.15, 0.2) is 36.9 Å². The molecule has 2 aromatic heterocycles. The van der Waals surface area contributed by atoms with Crippen LogP contribution in [0.2, 0.25) is 0 Å². The number of rotatable bonds is 4. The highest BCUT2D eigenvalue weighted by Crippen LogP contribution is 2.21. The molecule has 1 N–H and O–H groups in total. The van der Waals surface area contributed by atoms with Crippen LogP contribution in [0, 0.1) is 12.8 Å². The largest absolute Gasteiger partial charge is 0.355 e. The fraction of sp³-hybridized carbons (Fsp3) is 0.412.